The molecule has 2 aliphatic heterocycles. The Morgan fingerprint density at radius 1 is 1.00 bits per heavy atom. The van der Waals surface area contributed by atoms with Crippen LogP contribution in [0.15, 0.2) is 34.1 Å². The van der Waals surface area contributed by atoms with Crippen molar-refractivity contribution in [2.75, 3.05) is 45.8 Å². The molecule has 1 aromatic carbocycles. The van der Waals surface area contributed by atoms with Gasteiger partial charge in [0, 0.05) is 39.3 Å². The second-order valence-corrected chi connectivity index (χ2v) is 12.2. The molecule has 9 nitrogen and oxygen atoms in total. The number of piperidine rings is 1. The van der Waals surface area contributed by atoms with Crippen molar-refractivity contribution in [3.63, 3.8) is 0 Å². The van der Waals surface area contributed by atoms with E-state index < -0.39 is 20.0 Å². The number of nitrogens with one attached hydrogen (secondary N) is 1. The van der Waals surface area contributed by atoms with Gasteiger partial charge in [-0.15, -0.1) is 0 Å². The van der Waals surface area contributed by atoms with Crippen molar-refractivity contribution in [1.29, 1.82) is 0 Å². The fraction of sp³-hybridized carbons (Fsp3) is 0.667. The van der Waals surface area contributed by atoms with E-state index in [4.69, 9.17) is 0 Å². The van der Waals surface area contributed by atoms with Gasteiger partial charge in [-0.2, -0.15) is 8.61 Å². The van der Waals surface area contributed by atoms with E-state index in [1.54, 1.807) is 13.8 Å². The summed E-state index contributed by atoms with van der Waals surface area (Å²) in [7, 11) is -7.47. The number of hydrogen-bond donors (Lipinski definition) is 1. The van der Waals surface area contributed by atoms with Gasteiger partial charge >= 0.3 is 0 Å². The van der Waals surface area contributed by atoms with E-state index in [2.05, 4.69) is 17.1 Å². The number of likely N-dealkylation sites (tertiary alicyclic amines) is 1. The number of carbonyl (C=O) groups is 1. The highest BCUT2D eigenvalue weighted by atomic mass is 32.2. The van der Waals surface area contributed by atoms with E-state index in [-0.39, 0.29) is 34.2 Å². The first-order chi connectivity index (χ1) is 15.1. The molecule has 2 heterocycles. The molecule has 1 atom stereocenters. The lowest BCUT2D eigenvalue weighted by Gasteiger charge is -2.40. The molecule has 180 valence electrons. The Morgan fingerprint density at radius 2 is 1.59 bits per heavy atom. The van der Waals surface area contributed by atoms with Crippen LogP contribution < -0.4 is 5.32 Å². The van der Waals surface area contributed by atoms with Crippen LogP contribution in [0.25, 0.3) is 0 Å². The lowest BCUT2D eigenvalue weighted by atomic mass is 9.97. The Kier molecular flexibility index (Phi) is 7.97. The predicted molar refractivity (Wildman–Crippen MR) is 122 cm³/mol. The van der Waals surface area contributed by atoms with Crippen LogP contribution in [0.1, 0.15) is 33.6 Å². The number of rotatable bonds is 9. The van der Waals surface area contributed by atoms with Crippen molar-refractivity contribution in [3.05, 3.63) is 24.3 Å². The minimum absolute atomic E-state index is 0.0367. The zero-order chi connectivity index (χ0) is 23.5. The van der Waals surface area contributed by atoms with Gasteiger partial charge in [0.2, 0.25) is 26.0 Å². The summed E-state index contributed by atoms with van der Waals surface area (Å²) in [6, 6.07) is 5.48. The second-order valence-electron chi connectivity index (χ2n) is 8.32. The molecule has 0 saturated carbocycles. The number of amides is 1. The van der Waals surface area contributed by atoms with Gasteiger partial charge in [0.05, 0.1) is 21.8 Å². The molecule has 0 radical (unpaired) electrons. The van der Waals surface area contributed by atoms with Crippen LogP contribution in [0.3, 0.4) is 0 Å². The fourth-order valence-corrected chi connectivity index (χ4v) is 7.24. The van der Waals surface area contributed by atoms with Gasteiger partial charge in [0.25, 0.3) is 0 Å². The number of nitrogens with zero attached hydrogens (tertiary/aromatic N) is 3. The number of benzene rings is 1. The molecule has 1 N–H and O–H groups in total. The van der Waals surface area contributed by atoms with Gasteiger partial charge in [-0.25, -0.2) is 16.8 Å². The normalized spacial score (nSPS) is 21.4. The van der Waals surface area contributed by atoms with Crippen molar-refractivity contribution in [2.24, 2.45) is 5.92 Å². The third-order valence-corrected chi connectivity index (χ3v) is 10.3. The van der Waals surface area contributed by atoms with Gasteiger partial charge in [-0.3, -0.25) is 9.69 Å². The van der Waals surface area contributed by atoms with Crippen LogP contribution >= 0.6 is 0 Å². The Balaban J connectivity index is 1.68. The minimum Gasteiger partial charge on any atom is -0.351 e. The molecule has 0 aromatic heterocycles. The molecule has 2 fully saturated rings. The van der Waals surface area contributed by atoms with Crippen LogP contribution in [0.2, 0.25) is 0 Å². The average molecular weight is 487 g/mol. The van der Waals surface area contributed by atoms with Crippen molar-refractivity contribution in [3.8, 4) is 0 Å². The second kappa shape index (κ2) is 10.2. The van der Waals surface area contributed by atoms with Gasteiger partial charge in [0.15, 0.2) is 0 Å². The van der Waals surface area contributed by atoms with Crippen molar-refractivity contribution in [1.82, 2.24) is 18.8 Å². The lowest BCUT2D eigenvalue weighted by Crippen LogP contribution is -2.60. The number of hydrogen-bond acceptors (Lipinski definition) is 6. The zero-order valence-corrected chi connectivity index (χ0v) is 20.7. The van der Waals surface area contributed by atoms with Crippen molar-refractivity contribution >= 4 is 26.0 Å². The lowest BCUT2D eigenvalue weighted by molar-refractivity contribution is -0.128. The minimum atomic E-state index is -3.82. The summed E-state index contributed by atoms with van der Waals surface area (Å²) in [5, 5.41) is 3.03. The topological polar surface area (TPSA) is 107 Å². The van der Waals surface area contributed by atoms with Gasteiger partial charge in [-0.05, 0) is 43.7 Å². The molecule has 1 aromatic rings. The highest BCUT2D eigenvalue weighted by Crippen LogP contribution is 2.26. The molecule has 11 heteroatoms. The maximum Gasteiger partial charge on any atom is 0.243 e. The molecule has 0 bridgehead atoms. The Bertz CT molecular complexity index is 1000. The summed E-state index contributed by atoms with van der Waals surface area (Å²) >= 11 is 0. The smallest absolute Gasteiger partial charge is 0.243 e. The molecule has 2 aliphatic rings. The molecule has 2 saturated heterocycles. The highest BCUT2D eigenvalue weighted by Gasteiger charge is 2.35. The molecule has 0 unspecified atom stereocenters. The molecule has 32 heavy (non-hydrogen) atoms. The van der Waals surface area contributed by atoms with E-state index in [9.17, 15) is 21.6 Å². The molecule has 3 rings (SSSR count). The van der Waals surface area contributed by atoms with E-state index >= 15 is 0 Å². The van der Waals surface area contributed by atoms with Crippen LogP contribution in [0.4, 0.5) is 0 Å². The molecule has 0 aliphatic carbocycles. The Hall–Kier alpha value is -1.53. The quantitative estimate of drug-likeness (QED) is 0.557. The van der Waals surface area contributed by atoms with E-state index in [1.807, 2.05) is 0 Å². The molecular weight excluding hydrogens is 452 g/mol. The molecular formula is C21H34N4O5S2. The molecule has 1 amide bonds. The van der Waals surface area contributed by atoms with E-state index in [0.29, 0.717) is 32.5 Å². The first kappa shape index (κ1) is 25.1. The maximum absolute atomic E-state index is 13.2. The number of carbonyl (C=O) groups excluding carboxylic acids is 1. The number of likely N-dealkylation sites (N-methyl/N-ethyl adjacent to an activating group) is 1. The van der Waals surface area contributed by atoms with Crippen LogP contribution in [0.5, 0.6) is 0 Å². The van der Waals surface area contributed by atoms with Gasteiger partial charge < -0.3 is 5.32 Å². The highest BCUT2D eigenvalue weighted by molar-refractivity contribution is 7.89. The van der Waals surface area contributed by atoms with Gasteiger partial charge in [-0.1, -0.05) is 20.8 Å². The summed E-state index contributed by atoms with van der Waals surface area (Å²) in [5.74, 6) is -0.470. The van der Waals surface area contributed by atoms with Gasteiger partial charge in [0.1, 0.15) is 0 Å². The third-order valence-electron chi connectivity index (χ3n) is 6.31. The Morgan fingerprint density at radius 3 is 2.16 bits per heavy atom. The Labute approximate surface area is 191 Å². The fourth-order valence-electron chi connectivity index (χ4n) is 4.26. The SMILES string of the molecule is CCN1CC(NC(=O)[C@@H]2CCCN(S(=O)(=O)c3ccc(S(=O)(=O)N(CC)CC)cc3)C2)C1. The first-order valence-electron chi connectivity index (χ1n) is 11.3. The third kappa shape index (κ3) is 5.17. The largest absolute Gasteiger partial charge is 0.351 e. The van der Waals surface area contributed by atoms with Crippen LogP contribution in [0, 0.1) is 5.92 Å². The summed E-state index contributed by atoms with van der Waals surface area (Å²) in [5.41, 5.74) is 0. The van der Waals surface area contributed by atoms with E-state index in [1.165, 1.54) is 32.9 Å². The van der Waals surface area contributed by atoms with Crippen LogP contribution in [-0.2, 0) is 24.8 Å². The van der Waals surface area contributed by atoms with Crippen molar-refractivity contribution in [2.45, 2.75) is 49.4 Å². The standard InChI is InChI=1S/C21H34N4O5S2/c1-4-23-15-18(16-23)22-21(26)17-8-7-13-25(14-17)32(29,30)20-11-9-19(10-12-20)31(27,28)24(5-2)6-3/h9-12,17-18H,4-8,13-16H2,1-3H3,(H,22,26)/t17-/m1/s1. The summed E-state index contributed by atoms with van der Waals surface area (Å²) in [4.78, 5) is 15.0. The number of sulfonamides is 2. The summed E-state index contributed by atoms with van der Waals surface area (Å²) in [6.45, 7) is 9.38. The average Bonchev–Trinajstić information content (AvgIpc) is 2.76. The first-order valence-corrected chi connectivity index (χ1v) is 14.1. The van der Waals surface area contributed by atoms with E-state index in [0.717, 1.165) is 19.6 Å². The predicted octanol–water partition coefficient (Wildman–Crippen LogP) is 0.938. The van der Waals surface area contributed by atoms with Crippen molar-refractivity contribution < 1.29 is 21.6 Å². The summed E-state index contributed by atoms with van der Waals surface area (Å²) < 4.78 is 54.3. The zero-order valence-electron chi connectivity index (χ0n) is 19.0. The monoisotopic (exact) mass is 486 g/mol. The summed E-state index contributed by atoms with van der Waals surface area (Å²) in [6.07, 6.45) is 1.26. The molecule has 0 spiro atoms. The van der Waals surface area contributed by atoms with Crippen LogP contribution in [-0.4, -0.2) is 88.1 Å². The maximum atomic E-state index is 13.2.